The highest BCUT2D eigenvalue weighted by molar-refractivity contribution is 8.11. The van der Waals surface area contributed by atoms with E-state index in [1.54, 1.807) is 0 Å². The third-order valence-electron chi connectivity index (χ3n) is 2.96. The van der Waals surface area contributed by atoms with Gasteiger partial charge in [-0.05, 0) is 11.1 Å². The molecule has 0 heterocycles. The second-order valence-electron chi connectivity index (χ2n) is 4.02. The molecule has 0 fully saturated rings. The van der Waals surface area contributed by atoms with Crippen LogP contribution in [0.1, 0.15) is 29.5 Å². The summed E-state index contributed by atoms with van der Waals surface area (Å²) in [5.74, 6) is 0.331. The van der Waals surface area contributed by atoms with Crippen molar-refractivity contribution in [2.45, 2.75) is 12.8 Å². The van der Waals surface area contributed by atoms with Crippen LogP contribution in [0, 0.1) is 0 Å². The summed E-state index contributed by atoms with van der Waals surface area (Å²) in [6, 6.07) is 18.6. The summed E-state index contributed by atoms with van der Waals surface area (Å²) in [5, 5.41) is 0. The topological polar surface area (TPSA) is 0 Å². The molecule has 17 heavy (non-hydrogen) atoms. The summed E-state index contributed by atoms with van der Waals surface area (Å²) in [7, 11) is 0. The van der Waals surface area contributed by atoms with Gasteiger partial charge >= 0.3 is 0 Å². The lowest BCUT2D eigenvalue weighted by Gasteiger charge is -2.16. The summed E-state index contributed by atoms with van der Waals surface area (Å²) in [4.78, 5) is 0. The Morgan fingerprint density at radius 3 is 2.24 bits per heavy atom. The molecule has 2 aromatic rings. The minimum Gasteiger partial charge on any atom is -0.131 e. The molecule has 1 unspecified atom stereocenters. The van der Waals surface area contributed by atoms with Gasteiger partial charge in [0.25, 0.3) is 0 Å². The lowest BCUT2D eigenvalue weighted by Crippen LogP contribution is -2.02. The van der Waals surface area contributed by atoms with E-state index in [9.17, 15) is 0 Å². The average Bonchev–Trinajstić information content (AvgIpc) is 2.39. The molecule has 0 radical (unpaired) electrons. The molecule has 86 valence electrons. The van der Waals surface area contributed by atoms with Crippen LogP contribution in [0.2, 0.25) is 0 Å². The zero-order valence-electron chi connectivity index (χ0n) is 9.63. The van der Waals surface area contributed by atoms with E-state index in [0.717, 1.165) is 5.56 Å². The van der Waals surface area contributed by atoms with Gasteiger partial charge in [-0.25, -0.2) is 0 Å². The third-order valence-corrected chi connectivity index (χ3v) is 3.42. The van der Waals surface area contributed by atoms with Crippen LogP contribution in [-0.2, 0) is 0 Å². The van der Waals surface area contributed by atoms with E-state index in [-0.39, 0.29) is 0 Å². The van der Waals surface area contributed by atoms with E-state index in [2.05, 4.69) is 49.9 Å². The first-order valence-corrected chi connectivity index (χ1v) is 6.43. The smallest absolute Gasteiger partial charge is 0.0750 e. The molecule has 0 aliphatic rings. The Kier molecular flexibility index (Phi) is 3.97. The van der Waals surface area contributed by atoms with Gasteiger partial charge in [0.15, 0.2) is 0 Å². The molecule has 0 nitrogen and oxygen atoms in total. The number of thiol groups is 1. The van der Waals surface area contributed by atoms with E-state index in [0.29, 0.717) is 10.1 Å². The Labute approximate surface area is 113 Å². The van der Waals surface area contributed by atoms with Crippen molar-refractivity contribution in [3.63, 3.8) is 0 Å². The first kappa shape index (κ1) is 12.3. The van der Waals surface area contributed by atoms with Crippen LogP contribution in [-0.4, -0.2) is 4.20 Å². The van der Waals surface area contributed by atoms with Gasteiger partial charge in [0, 0.05) is 11.5 Å². The largest absolute Gasteiger partial charge is 0.131 e. The maximum absolute atomic E-state index is 5.18. The minimum absolute atomic E-state index is 0.331. The molecule has 0 spiro atoms. The molecule has 0 saturated heterocycles. The predicted molar refractivity (Wildman–Crippen MR) is 81.1 cm³/mol. The standard InChI is InChI=1S/C15H14S2/c1-11(12-7-3-2-4-8-12)13-9-5-6-10-14(13)15(16)17/h2-11H,1H3,(H,16,17). The summed E-state index contributed by atoms with van der Waals surface area (Å²) in [6.45, 7) is 2.19. The zero-order chi connectivity index (χ0) is 12.3. The summed E-state index contributed by atoms with van der Waals surface area (Å²) >= 11 is 9.48. The van der Waals surface area contributed by atoms with Gasteiger partial charge < -0.3 is 0 Å². The van der Waals surface area contributed by atoms with E-state index < -0.39 is 0 Å². The maximum Gasteiger partial charge on any atom is 0.0750 e. The highest BCUT2D eigenvalue weighted by Gasteiger charge is 2.12. The van der Waals surface area contributed by atoms with Crippen LogP contribution in [0.25, 0.3) is 0 Å². The number of thiocarbonyl (C=S) groups is 1. The third kappa shape index (κ3) is 2.76. The van der Waals surface area contributed by atoms with E-state index >= 15 is 0 Å². The van der Waals surface area contributed by atoms with E-state index in [4.69, 9.17) is 12.2 Å². The van der Waals surface area contributed by atoms with E-state index in [1.165, 1.54) is 11.1 Å². The quantitative estimate of drug-likeness (QED) is 0.627. The van der Waals surface area contributed by atoms with Gasteiger partial charge in [0.05, 0.1) is 4.20 Å². The van der Waals surface area contributed by atoms with Crippen LogP contribution < -0.4 is 0 Å². The maximum atomic E-state index is 5.18. The Morgan fingerprint density at radius 1 is 1.00 bits per heavy atom. The number of hydrogen-bond acceptors (Lipinski definition) is 1. The van der Waals surface area contributed by atoms with Crippen molar-refractivity contribution in [1.29, 1.82) is 0 Å². The van der Waals surface area contributed by atoms with Crippen molar-refractivity contribution in [2.24, 2.45) is 0 Å². The average molecular weight is 258 g/mol. The molecule has 0 amide bonds. The second kappa shape index (κ2) is 5.48. The van der Waals surface area contributed by atoms with Crippen LogP contribution in [0.5, 0.6) is 0 Å². The number of hydrogen-bond donors (Lipinski definition) is 1. The highest BCUT2D eigenvalue weighted by atomic mass is 32.1. The lowest BCUT2D eigenvalue weighted by atomic mass is 9.90. The van der Waals surface area contributed by atoms with Crippen LogP contribution in [0.15, 0.2) is 54.6 Å². The minimum atomic E-state index is 0.331. The molecule has 1 atom stereocenters. The molecule has 2 rings (SSSR count). The fourth-order valence-electron chi connectivity index (χ4n) is 1.99. The zero-order valence-corrected chi connectivity index (χ0v) is 11.3. The monoisotopic (exact) mass is 258 g/mol. The molecule has 0 aliphatic carbocycles. The Balaban J connectivity index is 2.44. The Hall–Kier alpha value is -1.12. The van der Waals surface area contributed by atoms with Crippen LogP contribution >= 0.6 is 24.8 Å². The van der Waals surface area contributed by atoms with Gasteiger partial charge in [0.2, 0.25) is 0 Å². The molecule has 0 bridgehead atoms. The van der Waals surface area contributed by atoms with Gasteiger partial charge in [-0.1, -0.05) is 73.7 Å². The summed E-state index contributed by atoms with van der Waals surface area (Å²) < 4.78 is 0.656. The van der Waals surface area contributed by atoms with Gasteiger partial charge in [-0.15, -0.1) is 12.6 Å². The summed E-state index contributed by atoms with van der Waals surface area (Å²) in [6.07, 6.45) is 0. The first-order chi connectivity index (χ1) is 8.20. The lowest BCUT2D eigenvalue weighted by molar-refractivity contribution is 0.920. The fraction of sp³-hybridized carbons (Fsp3) is 0.133. The molecular formula is C15H14S2. The van der Waals surface area contributed by atoms with Gasteiger partial charge in [-0.3, -0.25) is 0 Å². The van der Waals surface area contributed by atoms with Gasteiger partial charge in [0.1, 0.15) is 0 Å². The fourth-order valence-corrected chi connectivity index (χ4v) is 2.38. The first-order valence-electron chi connectivity index (χ1n) is 5.57. The predicted octanol–water partition coefficient (Wildman–Crippen LogP) is 4.44. The highest BCUT2D eigenvalue weighted by Crippen LogP contribution is 2.27. The molecule has 2 heteroatoms. The Bertz CT molecular complexity index is 517. The second-order valence-corrected chi connectivity index (χ2v) is 5.18. The summed E-state index contributed by atoms with van der Waals surface area (Å²) in [5.41, 5.74) is 3.59. The van der Waals surface area contributed by atoms with Crippen molar-refractivity contribution in [1.82, 2.24) is 0 Å². The van der Waals surface area contributed by atoms with Crippen molar-refractivity contribution < 1.29 is 0 Å². The van der Waals surface area contributed by atoms with Gasteiger partial charge in [-0.2, -0.15) is 0 Å². The molecular weight excluding hydrogens is 244 g/mol. The van der Waals surface area contributed by atoms with Crippen molar-refractivity contribution >= 4 is 29.0 Å². The molecule has 0 saturated carbocycles. The van der Waals surface area contributed by atoms with Crippen LogP contribution in [0.3, 0.4) is 0 Å². The van der Waals surface area contributed by atoms with Crippen molar-refractivity contribution in [2.75, 3.05) is 0 Å². The number of benzene rings is 2. The Morgan fingerprint density at radius 2 is 1.59 bits per heavy atom. The van der Waals surface area contributed by atoms with E-state index in [1.807, 2.05) is 24.3 Å². The van der Waals surface area contributed by atoms with Crippen molar-refractivity contribution in [3.8, 4) is 0 Å². The molecule has 0 aromatic heterocycles. The van der Waals surface area contributed by atoms with Crippen LogP contribution in [0.4, 0.5) is 0 Å². The SMILES string of the molecule is CC(c1ccccc1)c1ccccc1C(=S)S. The molecule has 0 aliphatic heterocycles. The molecule has 2 aromatic carbocycles. The number of rotatable bonds is 3. The normalized spacial score (nSPS) is 12.1. The molecule has 0 N–H and O–H groups in total. The van der Waals surface area contributed by atoms with Crippen molar-refractivity contribution in [3.05, 3.63) is 71.3 Å².